The van der Waals surface area contributed by atoms with Gasteiger partial charge in [-0.05, 0) is 51.0 Å². The van der Waals surface area contributed by atoms with E-state index in [1.807, 2.05) is 57.3 Å². The van der Waals surface area contributed by atoms with Crippen LogP contribution < -0.4 is 0 Å². The van der Waals surface area contributed by atoms with E-state index in [0.717, 1.165) is 24.2 Å². The summed E-state index contributed by atoms with van der Waals surface area (Å²) in [5.41, 5.74) is 8.82. The highest BCUT2D eigenvalue weighted by Crippen LogP contribution is 2.39. The second-order valence-electron chi connectivity index (χ2n) is 15.8. The highest BCUT2D eigenvalue weighted by atomic mass is 32.2. The van der Waals surface area contributed by atoms with Crippen molar-refractivity contribution in [3.8, 4) is 0 Å². The molecule has 3 unspecified atom stereocenters. The third kappa shape index (κ3) is 18.0. The largest absolute Gasteiger partial charge is 0.463 e. The summed E-state index contributed by atoms with van der Waals surface area (Å²) >= 11 is 1.32. The number of carbonyl (C=O) groups excluding carboxylic acids is 3. The van der Waals surface area contributed by atoms with Crippen molar-refractivity contribution < 1.29 is 51.7 Å². The van der Waals surface area contributed by atoms with Gasteiger partial charge in [0.05, 0.1) is 18.2 Å². The van der Waals surface area contributed by atoms with Crippen molar-refractivity contribution >= 4 is 38.2 Å². The number of hydrogen-bond donors (Lipinski definition) is 0. The van der Waals surface area contributed by atoms with Crippen LogP contribution in [-0.4, -0.2) is 93.6 Å². The van der Waals surface area contributed by atoms with Crippen molar-refractivity contribution in [1.29, 1.82) is 0 Å². The molecule has 2 aliphatic rings. The number of carbonyl (C=O) groups is 3. The molecule has 0 radical (unpaired) electrons. The third-order valence-electron chi connectivity index (χ3n) is 9.81. The van der Waals surface area contributed by atoms with Crippen molar-refractivity contribution in [2.75, 3.05) is 13.2 Å². The summed E-state index contributed by atoms with van der Waals surface area (Å²) in [6.45, 7) is 13.1. The van der Waals surface area contributed by atoms with Crippen molar-refractivity contribution in [2.24, 2.45) is 5.11 Å². The molecule has 1 aromatic rings. The Labute approximate surface area is 344 Å². The predicted octanol–water partition coefficient (Wildman–Crippen LogP) is 9.32. The van der Waals surface area contributed by atoms with Gasteiger partial charge in [0, 0.05) is 37.2 Å². The maximum Gasteiger partial charge on any atom is 0.332 e. The topological polar surface area (TPSA) is 174 Å². The normalized spacial score (nSPS) is 24.9. The van der Waals surface area contributed by atoms with Gasteiger partial charge in [-0.2, -0.15) is 0 Å². The number of unbranched alkanes of at least 4 members (excludes halogenated alkanes) is 11. The Morgan fingerprint density at radius 3 is 1.96 bits per heavy atom. The van der Waals surface area contributed by atoms with Gasteiger partial charge in [-0.3, -0.25) is 14.4 Å². The van der Waals surface area contributed by atoms with Gasteiger partial charge in [-0.25, -0.2) is 0 Å². The van der Waals surface area contributed by atoms with E-state index in [4.69, 9.17) is 37.3 Å². The third-order valence-corrected chi connectivity index (χ3v) is 12.7. The zero-order chi connectivity index (χ0) is 41.8. The number of esters is 3. The van der Waals surface area contributed by atoms with E-state index in [2.05, 4.69) is 16.9 Å². The zero-order valence-electron chi connectivity index (χ0n) is 35.4. The molecule has 0 spiro atoms. The molecule has 16 heteroatoms. The summed E-state index contributed by atoms with van der Waals surface area (Å²) in [5, 5.41) is 4.12. The molecule has 0 amide bonds. The average molecular weight is 838 g/mol. The van der Waals surface area contributed by atoms with Gasteiger partial charge in [-0.15, -0.1) is 0 Å². The summed E-state index contributed by atoms with van der Waals surface area (Å²) in [6.07, 6.45) is 10.6. The monoisotopic (exact) mass is 837 g/mol. The summed E-state index contributed by atoms with van der Waals surface area (Å²) in [4.78, 5) is 40.7. The van der Waals surface area contributed by atoms with Crippen LogP contribution in [-0.2, 0) is 51.7 Å². The van der Waals surface area contributed by atoms with Crippen molar-refractivity contribution in [3.63, 3.8) is 0 Å². The first-order valence-electron chi connectivity index (χ1n) is 20.7. The van der Waals surface area contributed by atoms with Crippen LogP contribution in [0.2, 0.25) is 13.1 Å². The Hall–Kier alpha value is -2.69. The molecule has 2 saturated heterocycles. The van der Waals surface area contributed by atoms with E-state index < -0.39 is 74.3 Å². The summed E-state index contributed by atoms with van der Waals surface area (Å²) in [6, 6.07) is 8.71. The molecule has 0 aromatic heterocycles. The number of nitrogens with zero attached hydrogens (tertiary/aromatic N) is 3. The molecule has 0 bridgehead atoms. The van der Waals surface area contributed by atoms with Crippen LogP contribution >= 0.6 is 11.8 Å². The van der Waals surface area contributed by atoms with E-state index in [9.17, 15) is 19.9 Å². The molecule has 0 saturated carbocycles. The number of ether oxygens (including phenoxy) is 6. The lowest BCUT2D eigenvalue weighted by atomic mass is 9.99. The zero-order valence-corrected chi connectivity index (χ0v) is 37.2. The fourth-order valence-electron chi connectivity index (χ4n) is 7.23. The van der Waals surface area contributed by atoms with Crippen LogP contribution in [0.25, 0.3) is 10.4 Å². The van der Waals surface area contributed by atoms with Gasteiger partial charge in [0.15, 0.2) is 18.0 Å². The lowest BCUT2D eigenvalue weighted by Gasteiger charge is -2.46. The lowest BCUT2D eigenvalue weighted by Crippen LogP contribution is -2.63. The molecule has 0 N–H and O–H groups in total. The van der Waals surface area contributed by atoms with Crippen LogP contribution in [0.3, 0.4) is 0 Å². The fourth-order valence-corrected chi connectivity index (χ4v) is 10.0. The molecular weight excluding hydrogens is 771 g/mol. The van der Waals surface area contributed by atoms with E-state index in [-0.39, 0.29) is 19.3 Å². The summed E-state index contributed by atoms with van der Waals surface area (Å²) in [7, 11) is -3.22. The average Bonchev–Trinajstić information content (AvgIpc) is 3.45. The molecule has 57 heavy (non-hydrogen) atoms. The molecular formula is C41H67N3O11SSi. The first-order chi connectivity index (χ1) is 27.1. The quantitative estimate of drug-likeness (QED) is 0.0165. The first-order valence-corrected chi connectivity index (χ1v) is 24.4. The van der Waals surface area contributed by atoms with Crippen LogP contribution in [0, 0.1) is 0 Å². The maximum atomic E-state index is 12.6. The highest BCUT2D eigenvalue weighted by molar-refractivity contribution is 7.99. The second kappa shape index (κ2) is 25.0. The highest BCUT2D eigenvalue weighted by Gasteiger charge is 2.53. The predicted molar refractivity (Wildman–Crippen MR) is 219 cm³/mol. The molecule has 2 fully saturated rings. The van der Waals surface area contributed by atoms with Gasteiger partial charge in [-0.1, -0.05) is 119 Å². The number of hydrogen-bond acceptors (Lipinski definition) is 13. The molecule has 14 nitrogen and oxygen atoms in total. The van der Waals surface area contributed by atoms with Crippen LogP contribution in [0.5, 0.6) is 0 Å². The smallest absolute Gasteiger partial charge is 0.332 e. The van der Waals surface area contributed by atoms with Crippen molar-refractivity contribution in [3.05, 3.63) is 40.8 Å². The van der Waals surface area contributed by atoms with Gasteiger partial charge in [0.1, 0.15) is 24.3 Å². The SMILES string of the molecule is CCCCCCCCCCCCCC[C@H]1OC(C)(C)OC1[C@H](CO[Si](C)(C)OC1[C@@H](OC(C)=O)[C@@H](OC(C)=O)C(COC(C)=O)O[C@H]1Sc1ccccc1)N=[N+]=[N-]. The van der Waals surface area contributed by atoms with Crippen LogP contribution in [0.1, 0.15) is 125 Å². The van der Waals surface area contributed by atoms with E-state index in [1.54, 1.807) is 0 Å². The van der Waals surface area contributed by atoms with Gasteiger partial charge in [0.2, 0.25) is 0 Å². The number of benzene rings is 1. The van der Waals surface area contributed by atoms with Gasteiger partial charge in [0.25, 0.3) is 0 Å². The Kier molecular flexibility index (Phi) is 21.4. The maximum absolute atomic E-state index is 12.6. The standard InChI is InChI=1S/C41H67N3O11SSi/c1-9-10-11-12-13-14-15-16-17-18-19-23-26-34-36(54-41(5,6)53-34)33(43-44-42)27-49-57(7,8)55-39-38(51-31(4)47)37(50-30(3)46)35(28-48-29(2)45)52-40(39)56-32-24-21-20-22-25-32/h20-22,24-25,33-40H,9-19,23,26-28H2,1-8H3/t33-,34+,35?,36?,37-,38-,39?,40-/m0/s1. The fraction of sp³-hybridized carbons (Fsp3) is 0.780. The first kappa shape index (κ1) is 48.7. The molecule has 0 aliphatic carbocycles. The number of rotatable bonds is 26. The minimum atomic E-state index is -3.22. The summed E-state index contributed by atoms with van der Waals surface area (Å²) < 4.78 is 49.2. The second-order valence-corrected chi connectivity index (χ2v) is 20.3. The molecule has 2 heterocycles. The Bertz CT molecular complexity index is 1420. The molecule has 8 atom stereocenters. The summed E-state index contributed by atoms with van der Waals surface area (Å²) in [5.74, 6) is -2.70. The van der Waals surface area contributed by atoms with Crippen molar-refractivity contribution in [2.45, 2.75) is 197 Å². The van der Waals surface area contributed by atoms with E-state index in [1.165, 1.54) is 96.7 Å². The Balaban J connectivity index is 1.72. The van der Waals surface area contributed by atoms with E-state index >= 15 is 0 Å². The lowest BCUT2D eigenvalue weighted by molar-refractivity contribution is -0.230. The molecule has 2 aliphatic heterocycles. The molecule has 1 aromatic carbocycles. The van der Waals surface area contributed by atoms with E-state index in [0.29, 0.717) is 0 Å². The van der Waals surface area contributed by atoms with Crippen molar-refractivity contribution in [1.82, 2.24) is 0 Å². The van der Waals surface area contributed by atoms with Crippen LogP contribution in [0.15, 0.2) is 40.3 Å². The Morgan fingerprint density at radius 2 is 1.40 bits per heavy atom. The number of azide groups is 1. The van der Waals surface area contributed by atoms with Crippen LogP contribution in [0.4, 0.5) is 0 Å². The minimum absolute atomic E-state index is 0.0207. The molecule has 322 valence electrons. The minimum Gasteiger partial charge on any atom is -0.463 e. The Morgan fingerprint density at radius 1 is 0.825 bits per heavy atom. The van der Waals surface area contributed by atoms with Gasteiger partial charge < -0.3 is 37.3 Å². The molecule has 3 rings (SSSR count). The van der Waals surface area contributed by atoms with Gasteiger partial charge >= 0.3 is 26.5 Å². The number of thioether (sulfide) groups is 1.